The highest BCUT2D eigenvalue weighted by Crippen LogP contribution is 2.42. The second-order valence-electron chi connectivity index (χ2n) is 18.6. The second-order valence-corrected chi connectivity index (χ2v) is 20.2. The van der Waals surface area contributed by atoms with Gasteiger partial charge in [-0.2, -0.15) is 19.0 Å². The number of imide groups is 2. The molecule has 23 heteroatoms. The summed E-state index contributed by atoms with van der Waals surface area (Å²) in [5.41, 5.74) is 10.4. The minimum Gasteiger partial charge on any atom is -0.484 e. The van der Waals surface area contributed by atoms with Crippen LogP contribution in [-0.2, 0) is 31.5 Å². The predicted octanol–water partition coefficient (Wildman–Crippen LogP) is 6.22. The van der Waals surface area contributed by atoms with Crippen LogP contribution in [0.2, 0.25) is 0 Å². The fourth-order valence-corrected chi connectivity index (χ4v) is 10.7. The number of halogens is 3. The summed E-state index contributed by atoms with van der Waals surface area (Å²) < 4.78 is 76.7. The van der Waals surface area contributed by atoms with Crippen LogP contribution < -0.4 is 31.1 Å². The van der Waals surface area contributed by atoms with Crippen LogP contribution in [0.1, 0.15) is 96.7 Å². The summed E-state index contributed by atoms with van der Waals surface area (Å²) in [6, 6.07) is 13.4. The lowest BCUT2D eigenvalue weighted by molar-refractivity contribution is -0.136. The molecule has 3 aromatic heterocycles. The predicted molar refractivity (Wildman–Crippen MR) is 256 cm³/mol. The van der Waals surface area contributed by atoms with Gasteiger partial charge in [-0.1, -0.05) is 24.3 Å². The van der Waals surface area contributed by atoms with Crippen molar-refractivity contribution in [3.05, 3.63) is 102 Å². The Hall–Kier alpha value is -7.82. The van der Waals surface area contributed by atoms with Gasteiger partial charge in [-0.15, -0.1) is 0 Å². The standard InChI is InChI=1S/C49H48F3N11O8S/c1-24(25-6-11-29(50)12-7-25)71-38-18-27(10-15-35(38)60-72(69,70)49(51)52)42-41-43(61(2)59-42)34(22-54-44(41)53)28-21-55-62(23-28)32-13-8-26(9-14-32)45(65)57-31-19-30(20-31)56-36-5-3-4-33-40(36)48(68)63(47(33)67)37-16-17-39(64)58-46(37)66/h3-7,10-12,15,18,21-24,26,30-32,37,49,56,60H,8-9,13-14,16-17,19-20H2,1-2H3,(H2,53,54)(H,57,65)(H,58,64,66)/t24-,26?,30?,31?,32?,37?/m0/s1. The van der Waals surface area contributed by atoms with Gasteiger partial charge in [0.25, 0.3) is 21.8 Å². The van der Waals surface area contributed by atoms with Crippen LogP contribution in [0, 0.1) is 11.7 Å². The zero-order valence-corrected chi connectivity index (χ0v) is 39.6. The number of carbonyl (C=O) groups excluding carboxylic acids is 5. The molecule has 2 saturated carbocycles. The fraction of sp³-hybridized carbons (Fsp3) is 0.347. The largest absolute Gasteiger partial charge is 0.484 e. The number of nitrogens with zero attached hydrogens (tertiary/aromatic N) is 6. The van der Waals surface area contributed by atoms with Crippen molar-refractivity contribution in [3.63, 3.8) is 0 Å². The van der Waals surface area contributed by atoms with Gasteiger partial charge in [0.1, 0.15) is 35.2 Å². The molecule has 3 fully saturated rings. The van der Waals surface area contributed by atoms with E-state index in [4.69, 9.17) is 20.7 Å². The van der Waals surface area contributed by atoms with Crippen molar-refractivity contribution in [1.29, 1.82) is 0 Å². The van der Waals surface area contributed by atoms with Crippen molar-refractivity contribution in [1.82, 2.24) is 40.1 Å². The summed E-state index contributed by atoms with van der Waals surface area (Å²) >= 11 is 0. The van der Waals surface area contributed by atoms with Crippen LogP contribution in [0.4, 0.5) is 30.4 Å². The van der Waals surface area contributed by atoms with E-state index in [1.165, 1.54) is 42.5 Å². The molecule has 19 nitrogen and oxygen atoms in total. The minimum absolute atomic E-state index is 0.0178. The average Bonchev–Trinajstić information content (AvgIpc) is 4.04. The number of carbonyl (C=O) groups is 5. The summed E-state index contributed by atoms with van der Waals surface area (Å²) in [6.45, 7) is 1.64. The lowest BCUT2D eigenvalue weighted by atomic mass is 9.83. The number of nitrogens with two attached hydrogens (primary N) is 1. The number of nitrogen functional groups attached to an aromatic ring is 1. The number of alkyl halides is 2. The van der Waals surface area contributed by atoms with E-state index in [0.717, 1.165) is 10.5 Å². The Bertz CT molecular complexity index is 3300. The molecule has 2 aliphatic carbocycles. The van der Waals surface area contributed by atoms with Gasteiger partial charge >= 0.3 is 5.76 Å². The molecule has 2 atom stereocenters. The summed E-state index contributed by atoms with van der Waals surface area (Å²) in [5, 5.41) is 18.7. The monoisotopic (exact) mass is 1010 g/mol. The number of piperidine rings is 1. The van der Waals surface area contributed by atoms with Crippen molar-refractivity contribution in [2.75, 3.05) is 15.8 Å². The number of anilines is 3. The summed E-state index contributed by atoms with van der Waals surface area (Å²) in [4.78, 5) is 70.0. The van der Waals surface area contributed by atoms with Crippen molar-refractivity contribution >= 4 is 67.7 Å². The molecule has 374 valence electrons. The number of sulfonamides is 1. The van der Waals surface area contributed by atoms with E-state index in [1.807, 2.05) is 15.6 Å². The van der Waals surface area contributed by atoms with Gasteiger partial charge in [0.15, 0.2) is 0 Å². The smallest absolute Gasteiger partial charge is 0.355 e. The minimum atomic E-state index is -5.08. The highest BCUT2D eigenvalue weighted by Gasteiger charge is 2.46. The number of amides is 5. The second kappa shape index (κ2) is 18.7. The number of benzene rings is 3. The molecule has 2 aliphatic heterocycles. The number of rotatable bonds is 14. The average molecular weight is 1010 g/mol. The van der Waals surface area contributed by atoms with Crippen LogP contribution in [0.5, 0.6) is 5.75 Å². The number of hydrogen-bond acceptors (Lipinski definition) is 13. The Labute approximate surface area is 409 Å². The van der Waals surface area contributed by atoms with E-state index in [-0.39, 0.29) is 71.2 Å². The van der Waals surface area contributed by atoms with E-state index in [0.29, 0.717) is 77.5 Å². The molecular weight excluding hydrogens is 960 g/mol. The summed E-state index contributed by atoms with van der Waals surface area (Å²) in [5.74, 6) is -6.63. The van der Waals surface area contributed by atoms with Crippen LogP contribution in [0.25, 0.3) is 33.3 Å². The van der Waals surface area contributed by atoms with Gasteiger partial charge in [0, 0.05) is 66.2 Å². The Kier molecular flexibility index (Phi) is 12.4. The first-order valence-corrected chi connectivity index (χ1v) is 24.9. The quantitative estimate of drug-likeness (QED) is 0.0762. The number of hydrogen-bond donors (Lipinski definition) is 5. The maximum absolute atomic E-state index is 13.7. The van der Waals surface area contributed by atoms with Gasteiger partial charge in [-0.05, 0) is 93.8 Å². The number of pyridine rings is 1. The van der Waals surface area contributed by atoms with Crippen LogP contribution in [0.15, 0.2) is 79.3 Å². The lowest BCUT2D eigenvalue weighted by Gasteiger charge is -2.38. The first-order chi connectivity index (χ1) is 34.4. The van der Waals surface area contributed by atoms with Crippen molar-refractivity contribution < 1.29 is 50.3 Å². The van der Waals surface area contributed by atoms with Crippen LogP contribution >= 0.6 is 0 Å². The molecule has 1 unspecified atom stereocenters. The molecule has 0 spiro atoms. The molecule has 10 rings (SSSR count). The van der Waals surface area contributed by atoms with Gasteiger partial charge in [0.2, 0.25) is 17.7 Å². The van der Waals surface area contributed by atoms with Gasteiger partial charge in [-0.25, -0.2) is 17.8 Å². The molecule has 4 aliphatic rings. The highest BCUT2D eigenvalue weighted by molar-refractivity contribution is 7.93. The van der Waals surface area contributed by atoms with Crippen LogP contribution in [-0.4, -0.2) is 91.3 Å². The normalized spacial score (nSPS) is 21.6. The number of fused-ring (bicyclic) bond motifs is 2. The summed E-state index contributed by atoms with van der Waals surface area (Å²) in [7, 11) is -3.36. The van der Waals surface area contributed by atoms with Gasteiger partial charge in [0.05, 0.1) is 40.0 Å². The Morgan fingerprint density at radius 1 is 0.903 bits per heavy atom. The first kappa shape index (κ1) is 47.8. The number of aromatic nitrogens is 5. The van der Waals surface area contributed by atoms with E-state index >= 15 is 0 Å². The zero-order chi connectivity index (χ0) is 50.7. The third-order valence-corrected chi connectivity index (χ3v) is 14.9. The van der Waals surface area contributed by atoms with Gasteiger partial charge in [-0.3, -0.25) is 48.3 Å². The lowest BCUT2D eigenvalue weighted by Crippen LogP contribution is -2.54. The molecule has 3 aromatic carbocycles. The molecule has 5 heterocycles. The van der Waals surface area contributed by atoms with Gasteiger partial charge < -0.3 is 21.1 Å². The molecule has 72 heavy (non-hydrogen) atoms. The van der Waals surface area contributed by atoms with E-state index in [9.17, 15) is 45.6 Å². The van der Waals surface area contributed by atoms with E-state index < -0.39 is 57.4 Å². The van der Waals surface area contributed by atoms with Crippen molar-refractivity contribution in [3.8, 4) is 28.1 Å². The fourth-order valence-electron chi connectivity index (χ4n) is 10.1. The zero-order valence-electron chi connectivity index (χ0n) is 38.8. The SMILES string of the molecule is C[C@H](Oc1cc(-c2nn(C)c3c(-c4cnn(C5CCC(C(=O)NC6CC(Nc7cccc8c7C(=O)N(C7CCC(=O)NC7=O)C8=O)C6)CC5)c4)cnc(N)c23)ccc1NS(=O)(=O)C(F)F)c1ccc(F)cc1. The van der Waals surface area contributed by atoms with Crippen LogP contribution in [0.3, 0.4) is 0 Å². The third-order valence-electron chi connectivity index (χ3n) is 13.9. The Balaban J connectivity index is 0.780. The van der Waals surface area contributed by atoms with Crippen molar-refractivity contribution in [2.45, 2.75) is 94.3 Å². The summed E-state index contributed by atoms with van der Waals surface area (Å²) in [6.07, 6.45) is 8.50. The molecule has 6 N–H and O–H groups in total. The topological polar surface area (TPSA) is 255 Å². The maximum atomic E-state index is 13.7. The van der Waals surface area contributed by atoms with E-state index in [1.54, 1.807) is 49.2 Å². The molecule has 6 aromatic rings. The number of nitrogens with one attached hydrogen (secondary N) is 4. The highest BCUT2D eigenvalue weighted by atomic mass is 32.2. The molecule has 1 saturated heterocycles. The maximum Gasteiger partial charge on any atom is 0.355 e. The number of aryl methyl sites for hydroxylation is 1. The number of ether oxygens (including phenoxy) is 1. The first-order valence-electron chi connectivity index (χ1n) is 23.4. The van der Waals surface area contributed by atoms with E-state index in [2.05, 4.69) is 20.9 Å². The van der Waals surface area contributed by atoms with Crippen molar-refractivity contribution in [2.24, 2.45) is 13.0 Å². The molecular formula is C49H48F3N11O8S. The molecule has 0 radical (unpaired) electrons. The molecule has 5 amide bonds. The Morgan fingerprint density at radius 2 is 1.65 bits per heavy atom. The Morgan fingerprint density at radius 3 is 2.38 bits per heavy atom. The third kappa shape index (κ3) is 8.96. The molecule has 0 bridgehead atoms.